The molecule has 0 saturated heterocycles. The van der Waals surface area contributed by atoms with E-state index >= 15 is 0 Å². The standard InChI is InChI=1S/C21H15NO4/c1-11-6-8-12(9-7-11)22-15-10-16(23)17-18(21(15)26)20(25)14-5-3-2-4-13(14)19(17)24/h2-10,22-23,26H,1H3. The summed E-state index contributed by atoms with van der Waals surface area (Å²) in [4.78, 5) is 25.5. The minimum Gasteiger partial charge on any atom is -0.507 e. The molecule has 0 bridgehead atoms. The Morgan fingerprint density at radius 2 is 1.38 bits per heavy atom. The minimum atomic E-state index is -0.490. The predicted molar refractivity (Wildman–Crippen MR) is 97.5 cm³/mol. The Bertz CT molecular complexity index is 1070. The maximum absolute atomic E-state index is 12.8. The number of nitrogens with one attached hydrogen (secondary N) is 1. The van der Waals surface area contributed by atoms with E-state index in [1.807, 2.05) is 31.2 Å². The molecule has 0 aromatic heterocycles. The van der Waals surface area contributed by atoms with Gasteiger partial charge < -0.3 is 15.5 Å². The van der Waals surface area contributed by atoms with Crippen molar-refractivity contribution in [1.82, 2.24) is 0 Å². The maximum Gasteiger partial charge on any atom is 0.198 e. The molecule has 5 heteroatoms. The smallest absolute Gasteiger partial charge is 0.198 e. The molecule has 1 aliphatic carbocycles. The Hall–Kier alpha value is -3.60. The molecule has 26 heavy (non-hydrogen) atoms. The van der Waals surface area contributed by atoms with E-state index in [9.17, 15) is 19.8 Å². The van der Waals surface area contributed by atoms with E-state index in [-0.39, 0.29) is 39.4 Å². The lowest BCUT2D eigenvalue weighted by Gasteiger charge is -2.21. The normalized spacial score (nSPS) is 12.5. The number of rotatable bonds is 2. The quantitative estimate of drug-likeness (QED) is 0.379. The maximum atomic E-state index is 12.8. The molecule has 3 N–H and O–H groups in total. The molecule has 0 aliphatic heterocycles. The van der Waals surface area contributed by atoms with Gasteiger partial charge >= 0.3 is 0 Å². The van der Waals surface area contributed by atoms with Gasteiger partial charge in [-0.3, -0.25) is 9.59 Å². The molecule has 0 radical (unpaired) electrons. The molecule has 0 heterocycles. The molecule has 128 valence electrons. The summed E-state index contributed by atoms with van der Waals surface area (Å²) < 4.78 is 0. The fourth-order valence-corrected chi connectivity index (χ4v) is 3.15. The number of aryl methyl sites for hydroxylation is 1. The molecule has 3 aromatic rings. The Morgan fingerprint density at radius 1 is 0.808 bits per heavy atom. The fraction of sp³-hybridized carbons (Fsp3) is 0.0476. The van der Waals surface area contributed by atoms with Crippen LogP contribution in [0.2, 0.25) is 0 Å². The topological polar surface area (TPSA) is 86.6 Å². The lowest BCUT2D eigenvalue weighted by molar-refractivity contribution is 0.0974. The van der Waals surface area contributed by atoms with Crippen LogP contribution in [0.5, 0.6) is 11.5 Å². The predicted octanol–water partition coefficient (Wildman–Crippen LogP) is 3.93. The van der Waals surface area contributed by atoms with E-state index in [4.69, 9.17) is 0 Å². The Balaban J connectivity index is 1.87. The summed E-state index contributed by atoms with van der Waals surface area (Å²) in [5, 5.41) is 24.0. The molecule has 3 aromatic carbocycles. The first kappa shape index (κ1) is 15.9. The summed E-state index contributed by atoms with van der Waals surface area (Å²) >= 11 is 0. The lowest BCUT2D eigenvalue weighted by Crippen LogP contribution is -2.21. The molecule has 5 nitrogen and oxygen atoms in total. The summed E-state index contributed by atoms with van der Waals surface area (Å²) in [5.74, 6) is -1.67. The van der Waals surface area contributed by atoms with Crippen molar-refractivity contribution in [3.63, 3.8) is 0 Å². The molecular formula is C21H15NO4. The van der Waals surface area contributed by atoms with Crippen LogP contribution in [-0.4, -0.2) is 21.8 Å². The van der Waals surface area contributed by atoms with Crippen LogP contribution in [0, 0.1) is 6.92 Å². The summed E-state index contributed by atoms with van der Waals surface area (Å²) in [6.07, 6.45) is 0. The van der Waals surface area contributed by atoms with E-state index in [1.54, 1.807) is 12.1 Å². The largest absolute Gasteiger partial charge is 0.507 e. The number of benzene rings is 3. The van der Waals surface area contributed by atoms with Crippen LogP contribution in [-0.2, 0) is 0 Å². The number of carbonyl (C=O) groups excluding carboxylic acids is 2. The highest BCUT2D eigenvalue weighted by Crippen LogP contribution is 2.43. The number of hydrogen-bond donors (Lipinski definition) is 3. The second-order valence-electron chi connectivity index (χ2n) is 6.24. The molecular weight excluding hydrogens is 330 g/mol. The van der Waals surface area contributed by atoms with Crippen molar-refractivity contribution in [3.8, 4) is 11.5 Å². The average Bonchev–Trinajstić information content (AvgIpc) is 2.64. The van der Waals surface area contributed by atoms with Gasteiger partial charge in [-0.05, 0) is 19.1 Å². The van der Waals surface area contributed by atoms with Crippen molar-refractivity contribution in [2.24, 2.45) is 0 Å². The fourth-order valence-electron chi connectivity index (χ4n) is 3.15. The molecule has 0 amide bonds. The highest BCUT2D eigenvalue weighted by Gasteiger charge is 2.35. The Kier molecular flexibility index (Phi) is 3.51. The van der Waals surface area contributed by atoms with Crippen molar-refractivity contribution in [1.29, 1.82) is 0 Å². The summed E-state index contributed by atoms with van der Waals surface area (Å²) in [7, 11) is 0. The van der Waals surface area contributed by atoms with Gasteiger partial charge in [0.05, 0.1) is 16.8 Å². The van der Waals surface area contributed by atoms with Crippen LogP contribution < -0.4 is 5.32 Å². The first-order valence-corrected chi connectivity index (χ1v) is 8.08. The van der Waals surface area contributed by atoms with Crippen LogP contribution in [0.3, 0.4) is 0 Å². The van der Waals surface area contributed by atoms with Crippen LogP contribution in [0.4, 0.5) is 11.4 Å². The van der Waals surface area contributed by atoms with Crippen molar-refractivity contribution < 1.29 is 19.8 Å². The number of hydrogen-bond acceptors (Lipinski definition) is 5. The first-order valence-electron chi connectivity index (χ1n) is 8.08. The van der Waals surface area contributed by atoms with E-state index in [1.165, 1.54) is 18.2 Å². The van der Waals surface area contributed by atoms with Crippen molar-refractivity contribution >= 4 is 22.9 Å². The van der Waals surface area contributed by atoms with E-state index in [0.717, 1.165) is 5.56 Å². The van der Waals surface area contributed by atoms with E-state index in [0.29, 0.717) is 5.69 Å². The van der Waals surface area contributed by atoms with Gasteiger partial charge in [0.2, 0.25) is 0 Å². The molecule has 0 unspecified atom stereocenters. The number of fused-ring (bicyclic) bond motifs is 2. The van der Waals surface area contributed by atoms with Gasteiger partial charge in [0.15, 0.2) is 17.3 Å². The van der Waals surface area contributed by atoms with Crippen molar-refractivity contribution in [2.75, 3.05) is 5.32 Å². The summed E-state index contributed by atoms with van der Waals surface area (Å²) in [6.45, 7) is 1.95. The zero-order chi connectivity index (χ0) is 18.4. The Morgan fingerprint density at radius 3 is 2.00 bits per heavy atom. The van der Waals surface area contributed by atoms with Gasteiger partial charge in [0.1, 0.15) is 5.75 Å². The third kappa shape index (κ3) is 2.33. The zero-order valence-corrected chi connectivity index (χ0v) is 13.9. The molecule has 0 fully saturated rings. The third-order valence-electron chi connectivity index (χ3n) is 4.48. The zero-order valence-electron chi connectivity index (χ0n) is 13.9. The number of aromatic hydroxyl groups is 2. The number of anilines is 2. The van der Waals surface area contributed by atoms with Crippen molar-refractivity contribution in [2.45, 2.75) is 6.92 Å². The number of phenolic OH excluding ortho intramolecular Hbond substituents is 2. The molecule has 1 aliphatic rings. The highest BCUT2D eigenvalue weighted by atomic mass is 16.3. The third-order valence-corrected chi connectivity index (χ3v) is 4.48. The summed E-state index contributed by atoms with van der Waals surface area (Å²) in [6, 6.07) is 15.0. The van der Waals surface area contributed by atoms with Crippen LogP contribution in [0.15, 0.2) is 54.6 Å². The van der Waals surface area contributed by atoms with Gasteiger partial charge in [-0.2, -0.15) is 0 Å². The minimum absolute atomic E-state index is 0.158. The Labute approximate surface area is 149 Å². The van der Waals surface area contributed by atoms with Gasteiger partial charge in [0, 0.05) is 22.9 Å². The first-order chi connectivity index (χ1) is 12.5. The van der Waals surface area contributed by atoms with Crippen LogP contribution >= 0.6 is 0 Å². The SMILES string of the molecule is Cc1ccc(Nc2cc(O)c3c(c2O)C(=O)c2ccccc2C3=O)cc1. The lowest BCUT2D eigenvalue weighted by atomic mass is 9.82. The van der Waals surface area contributed by atoms with Gasteiger partial charge in [0.25, 0.3) is 0 Å². The van der Waals surface area contributed by atoms with Gasteiger partial charge in [-0.15, -0.1) is 0 Å². The monoisotopic (exact) mass is 345 g/mol. The molecule has 4 rings (SSSR count). The molecule has 0 saturated carbocycles. The van der Waals surface area contributed by atoms with Crippen LogP contribution in [0.25, 0.3) is 0 Å². The number of ketones is 2. The highest BCUT2D eigenvalue weighted by molar-refractivity contribution is 6.30. The second kappa shape index (κ2) is 5.74. The second-order valence-corrected chi connectivity index (χ2v) is 6.24. The van der Waals surface area contributed by atoms with Crippen molar-refractivity contribution in [3.05, 3.63) is 82.4 Å². The van der Waals surface area contributed by atoms with Gasteiger partial charge in [-0.1, -0.05) is 42.0 Å². The number of carbonyl (C=O) groups is 2. The van der Waals surface area contributed by atoms with E-state index in [2.05, 4.69) is 5.32 Å². The number of phenols is 2. The molecule has 0 atom stereocenters. The van der Waals surface area contributed by atoms with Gasteiger partial charge in [-0.25, -0.2) is 0 Å². The average molecular weight is 345 g/mol. The molecule has 0 spiro atoms. The van der Waals surface area contributed by atoms with Crippen LogP contribution in [0.1, 0.15) is 37.4 Å². The van der Waals surface area contributed by atoms with E-state index < -0.39 is 11.6 Å². The summed E-state index contributed by atoms with van der Waals surface area (Å²) in [5.41, 5.74) is 2.01.